The van der Waals surface area contributed by atoms with Crippen molar-refractivity contribution in [3.8, 4) is 5.75 Å². The van der Waals surface area contributed by atoms with Crippen molar-refractivity contribution in [3.05, 3.63) is 29.8 Å². The summed E-state index contributed by atoms with van der Waals surface area (Å²) < 4.78 is 11.2. The molecule has 2 unspecified atom stereocenters. The topological polar surface area (TPSA) is 41.9 Å². The minimum absolute atomic E-state index is 0.0998. The summed E-state index contributed by atoms with van der Waals surface area (Å²) in [6, 6.07) is 7.73. The van der Waals surface area contributed by atoms with E-state index in [1.54, 1.807) is 7.11 Å². The second-order valence-electron chi connectivity index (χ2n) is 5.98. The number of benzene rings is 1. The third-order valence-electron chi connectivity index (χ3n) is 4.24. The Bertz CT molecular complexity index is 451. The van der Waals surface area contributed by atoms with Crippen LogP contribution in [0.25, 0.3) is 0 Å². The molecule has 2 rings (SSSR count). The van der Waals surface area contributed by atoms with Crippen molar-refractivity contribution in [2.45, 2.75) is 38.4 Å². The molecule has 0 saturated carbocycles. The fraction of sp³-hybridized carbons (Fsp3) is 0.647. The van der Waals surface area contributed by atoms with Crippen molar-refractivity contribution in [1.29, 1.82) is 0 Å². The normalized spacial score (nSPS) is 24.8. The minimum Gasteiger partial charge on any atom is -0.493 e. The average molecular weight is 293 g/mol. The molecule has 4 heteroatoms. The lowest BCUT2D eigenvalue weighted by molar-refractivity contribution is -0.0587. The summed E-state index contributed by atoms with van der Waals surface area (Å²) in [6.45, 7) is 7.18. The molecule has 0 bridgehead atoms. The number of β-amino-alcohol motifs (C(OH)–C–C–N with tert-alkyl or cyclic N) is 1. The number of aliphatic hydroxyl groups is 1. The quantitative estimate of drug-likeness (QED) is 0.875. The molecule has 0 radical (unpaired) electrons. The van der Waals surface area contributed by atoms with Crippen LogP contribution in [0.4, 0.5) is 0 Å². The molecule has 0 amide bonds. The number of piperidine rings is 1. The Labute approximate surface area is 127 Å². The van der Waals surface area contributed by atoms with Gasteiger partial charge in [-0.25, -0.2) is 0 Å². The zero-order valence-corrected chi connectivity index (χ0v) is 13.3. The van der Waals surface area contributed by atoms with Crippen LogP contribution in [0, 0.1) is 0 Å². The number of likely N-dealkylation sites (tertiary alicyclic amines) is 1. The Morgan fingerprint density at radius 3 is 2.86 bits per heavy atom. The summed E-state index contributed by atoms with van der Waals surface area (Å²) in [5.74, 6) is 0.777. The van der Waals surface area contributed by atoms with Gasteiger partial charge in [-0.15, -0.1) is 0 Å². The highest BCUT2D eigenvalue weighted by Crippen LogP contribution is 2.29. The summed E-state index contributed by atoms with van der Waals surface area (Å²) in [4.78, 5) is 2.28. The van der Waals surface area contributed by atoms with Crippen LogP contribution in [0.1, 0.15) is 38.4 Å². The summed E-state index contributed by atoms with van der Waals surface area (Å²) in [5.41, 5.74) is 0.765. The van der Waals surface area contributed by atoms with E-state index in [-0.39, 0.29) is 5.60 Å². The van der Waals surface area contributed by atoms with Gasteiger partial charge in [0.05, 0.1) is 18.3 Å². The summed E-state index contributed by atoms with van der Waals surface area (Å²) >= 11 is 0. The van der Waals surface area contributed by atoms with E-state index in [9.17, 15) is 5.11 Å². The maximum atomic E-state index is 10.6. The number of rotatable bonds is 6. The van der Waals surface area contributed by atoms with Gasteiger partial charge in [-0.3, -0.25) is 4.90 Å². The molecule has 2 atom stereocenters. The zero-order valence-electron chi connectivity index (χ0n) is 13.3. The Balaban J connectivity index is 2.02. The molecule has 1 aromatic carbocycles. The molecule has 21 heavy (non-hydrogen) atoms. The lowest BCUT2D eigenvalue weighted by atomic mass is 9.94. The second-order valence-corrected chi connectivity index (χ2v) is 5.98. The standard InChI is InChI=1S/C17H27NO3/c1-4-21-16-9-6-5-8-14(16)15(19)12-18-11-7-10-17(2,13-18)20-3/h5-6,8-9,15,19H,4,7,10-13H2,1-3H3. The van der Waals surface area contributed by atoms with Crippen LogP contribution in [0.5, 0.6) is 5.75 Å². The Hall–Kier alpha value is -1.10. The van der Waals surface area contributed by atoms with Crippen molar-refractivity contribution < 1.29 is 14.6 Å². The smallest absolute Gasteiger partial charge is 0.125 e. The van der Waals surface area contributed by atoms with Crippen LogP contribution in [-0.2, 0) is 4.74 Å². The van der Waals surface area contributed by atoms with Gasteiger partial charge in [0.25, 0.3) is 0 Å². The Morgan fingerprint density at radius 2 is 2.14 bits per heavy atom. The molecule has 1 N–H and O–H groups in total. The van der Waals surface area contributed by atoms with E-state index < -0.39 is 6.10 Å². The summed E-state index contributed by atoms with van der Waals surface area (Å²) in [5, 5.41) is 10.6. The first-order valence-electron chi connectivity index (χ1n) is 7.75. The van der Waals surface area contributed by atoms with Gasteiger partial charge >= 0.3 is 0 Å². The van der Waals surface area contributed by atoms with Gasteiger partial charge in [-0.05, 0) is 39.3 Å². The first kappa shape index (κ1) is 16.3. The number of hydrogen-bond acceptors (Lipinski definition) is 4. The van der Waals surface area contributed by atoms with Gasteiger partial charge in [0, 0.05) is 25.8 Å². The van der Waals surface area contributed by atoms with E-state index in [4.69, 9.17) is 9.47 Å². The molecule has 118 valence electrons. The highest BCUT2D eigenvalue weighted by Gasteiger charge is 2.31. The highest BCUT2D eigenvalue weighted by atomic mass is 16.5. The van der Waals surface area contributed by atoms with E-state index in [2.05, 4.69) is 11.8 Å². The molecule has 0 aliphatic carbocycles. The van der Waals surface area contributed by atoms with E-state index in [1.165, 1.54) is 0 Å². The van der Waals surface area contributed by atoms with Crippen LogP contribution in [0.3, 0.4) is 0 Å². The van der Waals surface area contributed by atoms with Crippen molar-refractivity contribution in [2.75, 3.05) is 33.4 Å². The van der Waals surface area contributed by atoms with Crippen LogP contribution in [0.15, 0.2) is 24.3 Å². The minimum atomic E-state index is -0.535. The number of nitrogens with zero attached hydrogens (tertiary/aromatic N) is 1. The van der Waals surface area contributed by atoms with Crippen molar-refractivity contribution in [2.24, 2.45) is 0 Å². The number of methoxy groups -OCH3 is 1. The van der Waals surface area contributed by atoms with Gasteiger partial charge in [0.1, 0.15) is 5.75 Å². The molecule has 0 aromatic heterocycles. The van der Waals surface area contributed by atoms with E-state index in [0.717, 1.165) is 37.2 Å². The highest BCUT2D eigenvalue weighted by molar-refractivity contribution is 5.35. The van der Waals surface area contributed by atoms with Crippen molar-refractivity contribution >= 4 is 0 Å². The predicted molar refractivity (Wildman–Crippen MR) is 83.7 cm³/mol. The van der Waals surface area contributed by atoms with Crippen molar-refractivity contribution in [1.82, 2.24) is 4.90 Å². The van der Waals surface area contributed by atoms with Gasteiger partial charge in [-0.1, -0.05) is 18.2 Å². The van der Waals surface area contributed by atoms with E-state index in [1.807, 2.05) is 31.2 Å². The fourth-order valence-corrected chi connectivity index (χ4v) is 3.02. The predicted octanol–water partition coefficient (Wildman–Crippen LogP) is 2.62. The van der Waals surface area contributed by atoms with Gasteiger partial charge in [0.2, 0.25) is 0 Å². The number of ether oxygens (including phenoxy) is 2. The fourth-order valence-electron chi connectivity index (χ4n) is 3.02. The maximum Gasteiger partial charge on any atom is 0.125 e. The van der Waals surface area contributed by atoms with Crippen LogP contribution in [0.2, 0.25) is 0 Å². The lowest BCUT2D eigenvalue weighted by Crippen LogP contribution is -2.48. The molecular formula is C17H27NO3. The number of hydrogen-bond donors (Lipinski definition) is 1. The molecule has 4 nitrogen and oxygen atoms in total. The molecule has 0 spiro atoms. The monoisotopic (exact) mass is 293 g/mol. The molecule has 1 saturated heterocycles. The number of para-hydroxylation sites is 1. The second kappa shape index (κ2) is 7.25. The zero-order chi connectivity index (χ0) is 15.3. The molecule has 1 aliphatic rings. The van der Waals surface area contributed by atoms with Gasteiger partial charge < -0.3 is 14.6 Å². The molecule has 1 heterocycles. The average Bonchev–Trinajstić information content (AvgIpc) is 2.48. The largest absolute Gasteiger partial charge is 0.493 e. The van der Waals surface area contributed by atoms with Gasteiger partial charge in [-0.2, -0.15) is 0 Å². The van der Waals surface area contributed by atoms with Crippen LogP contribution < -0.4 is 4.74 Å². The third-order valence-corrected chi connectivity index (χ3v) is 4.24. The van der Waals surface area contributed by atoms with Crippen LogP contribution >= 0.6 is 0 Å². The van der Waals surface area contributed by atoms with E-state index in [0.29, 0.717) is 13.2 Å². The van der Waals surface area contributed by atoms with Crippen molar-refractivity contribution in [3.63, 3.8) is 0 Å². The lowest BCUT2D eigenvalue weighted by Gasteiger charge is -2.40. The molecule has 1 fully saturated rings. The van der Waals surface area contributed by atoms with E-state index >= 15 is 0 Å². The first-order valence-corrected chi connectivity index (χ1v) is 7.75. The SMILES string of the molecule is CCOc1ccccc1C(O)CN1CCCC(C)(OC)C1. The Morgan fingerprint density at radius 1 is 1.38 bits per heavy atom. The molecule has 1 aromatic rings. The third kappa shape index (κ3) is 4.19. The summed E-state index contributed by atoms with van der Waals surface area (Å²) in [6.07, 6.45) is 1.64. The number of aliphatic hydroxyl groups excluding tert-OH is 1. The summed E-state index contributed by atoms with van der Waals surface area (Å²) in [7, 11) is 1.77. The first-order chi connectivity index (χ1) is 10.1. The molecule has 1 aliphatic heterocycles. The Kier molecular flexibility index (Phi) is 5.62. The van der Waals surface area contributed by atoms with Crippen LogP contribution in [-0.4, -0.2) is 49.0 Å². The molecular weight excluding hydrogens is 266 g/mol. The maximum absolute atomic E-state index is 10.6. The van der Waals surface area contributed by atoms with Gasteiger partial charge in [0.15, 0.2) is 0 Å².